The van der Waals surface area contributed by atoms with Gasteiger partial charge in [-0.15, -0.1) is 24.0 Å². The molecule has 0 radical (unpaired) electrons. The van der Waals surface area contributed by atoms with Crippen LogP contribution in [0.3, 0.4) is 0 Å². The lowest BCUT2D eigenvalue weighted by Crippen LogP contribution is -2.45. The largest absolute Gasteiger partial charge is 0.386 e. The Bertz CT molecular complexity index is 544. The van der Waals surface area contributed by atoms with Gasteiger partial charge in [0.1, 0.15) is 6.10 Å². The third-order valence-corrected chi connectivity index (χ3v) is 4.79. The van der Waals surface area contributed by atoms with Crippen LogP contribution in [0.5, 0.6) is 0 Å². The molecule has 2 atom stereocenters. The molecular formula is C18H30ClIN4O. The minimum atomic E-state index is -0.701. The summed E-state index contributed by atoms with van der Waals surface area (Å²) in [4.78, 5) is 7.01. The van der Waals surface area contributed by atoms with E-state index in [4.69, 9.17) is 11.6 Å². The normalized spacial score (nSPS) is 19.4. The van der Waals surface area contributed by atoms with Gasteiger partial charge in [0.05, 0.1) is 6.54 Å². The van der Waals surface area contributed by atoms with Gasteiger partial charge in [0.25, 0.3) is 0 Å². The Labute approximate surface area is 173 Å². The van der Waals surface area contributed by atoms with Crippen LogP contribution < -0.4 is 10.6 Å². The van der Waals surface area contributed by atoms with E-state index in [1.165, 1.54) is 19.4 Å². The molecule has 1 aromatic rings. The average Bonchev–Trinajstić information content (AvgIpc) is 3.05. The minimum Gasteiger partial charge on any atom is -0.386 e. The van der Waals surface area contributed by atoms with Crippen LogP contribution in [-0.2, 0) is 0 Å². The first-order valence-electron chi connectivity index (χ1n) is 8.84. The molecule has 2 rings (SSSR count). The molecule has 3 N–H and O–H groups in total. The second kappa shape index (κ2) is 11.9. The van der Waals surface area contributed by atoms with Crippen LogP contribution in [-0.4, -0.2) is 54.7 Å². The number of nitrogens with zero attached hydrogens (tertiary/aromatic N) is 2. The highest BCUT2D eigenvalue weighted by Crippen LogP contribution is 2.22. The number of hydrogen-bond acceptors (Lipinski definition) is 3. The maximum absolute atomic E-state index is 10.3. The Morgan fingerprint density at radius 3 is 2.80 bits per heavy atom. The molecule has 2 unspecified atom stereocenters. The van der Waals surface area contributed by atoms with Crippen molar-refractivity contribution in [2.45, 2.75) is 38.8 Å². The van der Waals surface area contributed by atoms with Gasteiger partial charge in [-0.25, -0.2) is 0 Å². The quantitative estimate of drug-likeness (QED) is 0.319. The van der Waals surface area contributed by atoms with Gasteiger partial charge in [0.2, 0.25) is 0 Å². The van der Waals surface area contributed by atoms with Crippen molar-refractivity contribution in [1.29, 1.82) is 0 Å². The maximum atomic E-state index is 10.3. The summed E-state index contributed by atoms with van der Waals surface area (Å²) in [5.41, 5.74) is 0.715. The lowest BCUT2D eigenvalue weighted by Gasteiger charge is -2.24. The molecule has 0 aromatic heterocycles. The van der Waals surface area contributed by atoms with Gasteiger partial charge < -0.3 is 15.7 Å². The molecule has 0 spiro atoms. The molecule has 5 nitrogen and oxygen atoms in total. The van der Waals surface area contributed by atoms with Gasteiger partial charge in [0, 0.05) is 29.7 Å². The number of rotatable bonds is 7. The Balaban J connectivity index is 0.00000312. The molecule has 142 valence electrons. The van der Waals surface area contributed by atoms with Crippen LogP contribution >= 0.6 is 35.6 Å². The summed E-state index contributed by atoms with van der Waals surface area (Å²) in [7, 11) is 0. The monoisotopic (exact) mass is 480 g/mol. The van der Waals surface area contributed by atoms with Crippen molar-refractivity contribution in [2.75, 3.05) is 32.7 Å². The van der Waals surface area contributed by atoms with Gasteiger partial charge in [0.15, 0.2) is 5.96 Å². The second-order valence-corrected chi connectivity index (χ2v) is 6.47. The summed E-state index contributed by atoms with van der Waals surface area (Å²) in [6.07, 6.45) is 1.79. The van der Waals surface area contributed by atoms with E-state index in [9.17, 15) is 5.11 Å². The molecule has 0 bridgehead atoms. The predicted molar refractivity (Wildman–Crippen MR) is 116 cm³/mol. The third-order valence-electron chi connectivity index (χ3n) is 4.44. The van der Waals surface area contributed by atoms with E-state index >= 15 is 0 Å². The lowest BCUT2D eigenvalue weighted by atomic mass is 10.1. The molecule has 1 heterocycles. The van der Waals surface area contributed by atoms with Crippen LogP contribution in [0.2, 0.25) is 5.02 Å². The highest BCUT2D eigenvalue weighted by atomic mass is 127. The van der Waals surface area contributed by atoms with E-state index in [-0.39, 0.29) is 30.5 Å². The molecule has 1 aliphatic rings. The molecule has 1 saturated heterocycles. The SMILES string of the molecule is CCNC(=NCC(O)c1ccccc1Cl)NCC1CCCN1CC.I. The number of aliphatic hydroxyl groups excluding tert-OH is 1. The minimum absolute atomic E-state index is 0. The van der Waals surface area contributed by atoms with E-state index in [1.54, 1.807) is 6.07 Å². The lowest BCUT2D eigenvalue weighted by molar-refractivity contribution is 0.187. The van der Waals surface area contributed by atoms with E-state index in [2.05, 4.69) is 27.4 Å². The Morgan fingerprint density at radius 2 is 2.12 bits per heavy atom. The van der Waals surface area contributed by atoms with E-state index < -0.39 is 6.10 Å². The number of likely N-dealkylation sites (tertiary alicyclic amines) is 1. The predicted octanol–water partition coefficient (Wildman–Crippen LogP) is 3.03. The second-order valence-electron chi connectivity index (χ2n) is 6.06. The molecule has 7 heteroatoms. The molecule has 0 saturated carbocycles. The van der Waals surface area contributed by atoms with Crippen molar-refractivity contribution in [3.05, 3.63) is 34.9 Å². The number of hydrogen-bond donors (Lipinski definition) is 3. The number of nitrogens with one attached hydrogen (secondary N) is 2. The van der Waals surface area contributed by atoms with Crippen molar-refractivity contribution in [1.82, 2.24) is 15.5 Å². The molecule has 1 aliphatic heterocycles. The molecular weight excluding hydrogens is 451 g/mol. The smallest absolute Gasteiger partial charge is 0.191 e. The van der Waals surface area contributed by atoms with Crippen molar-refractivity contribution in [2.24, 2.45) is 4.99 Å². The van der Waals surface area contributed by atoms with Crippen molar-refractivity contribution in [3.8, 4) is 0 Å². The van der Waals surface area contributed by atoms with Gasteiger partial charge in [-0.05, 0) is 38.9 Å². The molecule has 0 amide bonds. The number of halogens is 2. The Morgan fingerprint density at radius 1 is 1.36 bits per heavy atom. The summed E-state index contributed by atoms with van der Waals surface area (Å²) in [6, 6.07) is 7.91. The summed E-state index contributed by atoms with van der Waals surface area (Å²) in [5, 5.41) is 17.5. The van der Waals surface area contributed by atoms with Gasteiger partial charge in [-0.1, -0.05) is 36.7 Å². The summed E-state index contributed by atoms with van der Waals surface area (Å²) >= 11 is 6.13. The Hall–Kier alpha value is -0.570. The number of guanidine groups is 1. The number of aliphatic hydroxyl groups is 1. The zero-order valence-electron chi connectivity index (χ0n) is 15.0. The van der Waals surface area contributed by atoms with Crippen LogP contribution in [0, 0.1) is 0 Å². The van der Waals surface area contributed by atoms with Crippen molar-refractivity contribution in [3.63, 3.8) is 0 Å². The van der Waals surface area contributed by atoms with Gasteiger partial charge in [-0.2, -0.15) is 0 Å². The Kier molecular flexibility index (Phi) is 10.7. The van der Waals surface area contributed by atoms with E-state index in [0.29, 0.717) is 16.6 Å². The van der Waals surface area contributed by atoms with Crippen LogP contribution in [0.4, 0.5) is 0 Å². The molecule has 1 fully saturated rings. The average molecular weight is 481 g/mol. The van der Waals surface area contributed by atoms with Crippen LogP contribution in [0.1, 0.15) is 38.4 Å². The third kappa shape index (κ3) is 6.92. The maximum Gasteiger partial charge on any atom is 0.191 e. The first-order chi connectivity index (χ1) is 11.7. The summed E-state index contributed by atoms with van der Waals surface area (Å²) in [5.74, 6) is 0.742. The number of aliphatic imine (C=N–C) groups is 1. The highest BCUT2D eigenvalue weighted by Gasteiger charge is 2.22. The van der Waals surface area contributed by atoms with Gasteiger partial charge >= 0.3 is 0 Å². The van der Waals surface area contributed by atoms with Crippen LogP contribution in [0.15, 0.2) is 29.3 Å². The fraction of sp³-hybridized carbons (Fsp3) is 0.611. The van der Waals surface area contributed by atoms with E-state index in [0.717, 1.165) is 25.6 Å². The van der Waals surface area contributed by atoms with Crippen molar-refractivity contribution >= 4 is 41.5 Å². The number of benzene rings is 1. The van der Waals surface area contributed by atoms with Gasteiger partial charge in [-0.3, -0.25) is 9.89 Å². The zero-order valence-corrected chi connectivity index (χ0v) is 18.1. The number of likely N-dealkylation sites (N-methyl/N-ethyl adjacent to an activating group) is 1. The van der Waals surface area contributed by atoms with E-state index in [1.807, 2.05) is 25.1 Å². The first-order valence-corrected chi connectivity index (χ1v) is 9.22. The highest BCUT2D eigenvalue weighted by molar-refractivity contribution is 14.0. The fourth-order valence-electron chi connectivity index (χ4n) is 3.12. The zero-order chi connectivity index (χ0) is 17.4. The summed E-state index contributed by atoms with van der Waals surface area (Å²) < 4.78 is 0. The standard InChI is InChI=1S/C18H29ClN4O.HI/c1-3-20-18(21-12-14-8-7-11-23(14)4-2)22-13-17(24)15-9-5-6-10-16(15)19;/h5-6,9-10,14,17,24H,3-4,7-8,11-13H2,1-2H3,(H2,20,21,22);1H. The molecule has 0 aliphatic carbocycles. The van der Waals surface area contributed by atoms with Crippen molar-refractivity contribution < 1.29 is 5.11 Å². The molecule has 1 aromatic carbocycles. The topological polar surface area (TPSA) is 59.9 Å². The fourth-order valence-corrected chi connectivity index (χ4v) is 3.38. The van der Waals surface area contributed by atoms with Crippen LogP contribution in [0.25, 0.3) is 0 Å². The summed E-state index contributed by atoms with van der Waals surface area (Å²) in [6.45, 7) is 8.46. The first kappa shape index (κ1) is 22.5. The molecule has 25 heavy (non-hydrogen) atoms.